The minimum Gasteiger partial charge on any atom is -0.348 e. The number of halogens is 1. The minimum absolute atomic E-state index is 0.0926. The van der Waals surface area contributed by atoms with E-state index in [9.17, 15) is 4.79 Å². The average molecular weight is 259 g/mol. The zero-order valence-electron chi connectivity index (χ0n) is 9.82. The molecule has 0 aromatic heterocycles. The molecule has 0 atom stereocenters. The topological polar surface area (TPSA) is 29.1 Å². The molecular weight excluding hydrogens is 246 g/mol. The predicted octanol–water partition coefficient (Wildman–Crippen LogP) is 3.45. The molecule has 0 fully saturated rings. The van der Waals surface area contributed by atoms with Crippen LogP contribution in [0.4, 0.5) is 0 Å². The second kappa shape index (κ2) is 5.69. The Balaban J connectivity index is 1.96. The molecule has 3 heteroatoms. The highest BCUT2D eigenvalue weighted by atomic mass is 35.5. The summed E-state index contributed by atoms with van der Waals surface area (Å²) < 4.78 is 0. The van der Waals surface area contributed by atoms with E-state index in [1.165, 1.54) is 0 Å². The van der Waals surface area contributed by atoms with Crippen LogP contribution >= 0.6 is 11.6 Å². The van der Waals surface area contributed by atoms with Gasteiger partial charge in [-0.15, -0.1) is 0 Å². The number of carbonyl (C=O) groups is 1. The molecule has 0 heterocycles. The lowest BCUT2D eigenvalue weighted by Crippen LogP contribution is -2.22. The normalized spacial score (nSPS) is 10.1. The summed E-state index contributed by atoms with van der Waals surface area (Å²) in [5.74, 6) is -0.0926. The Hall–Kier alpha value is -1.80. The van der Waals surface area contributed by atoms with E-state index in [1.54, 1.807) is 24.3 Å². The van der Waals surface area contributed by atoms with Gasteiger partial charge < -0.3 is 5.32 Å². The van der Waals surface area contributed by atoms with Crippen molar-refractivity contribution in [3.8, 4) is 0 Å². The first kappa shape index (κ1) is 12.7. The largest absolute Gasteiger partial charge is 0.348 e. The molecule has 0 spiro atoms. The smallest absolute Gasteiger partial charge is 0.251 e. The molecule has 1 N–H and O–H groups in total. The van der Waals surface area contributed by atoms with E-state index in [2.05, 4.69) is 12.2 Å². The molecule has 2 aromatic rings. The lowest BCUT2D eigenvalue weighted by Gasteiger charge is -2.05. The van der Waals surface area contributed by atoms with E-state index in [1.807, 2.05) is 24.3 Å². The van der Waals surface area contributed by atoms with Gasteiger partial charge in [0.15, 0.2) is 0 Å². The van der Waals surface area contributed by atoms with Crippen molar-refractivity contribution < 1.29 is 4.79 Å². The van der Waals surface area contributed by atoms with Gasteiger partial charge in [-0.3, -0.25) is 4.79 Å². The Labute approximate surface area is 112 Å². The van der Waals surface area contributed by atoms with E-state index in [4.69, 9.17) is 11.6 Å². The summed E-state index contributed by atoms with van der Waals surface area (Å²) in [6, 6.07) is 14.6. The van der Waals surface area contributed by atoms with E-state index < -0.39 is 0 Å². The molecular formula is C15H13ClNO. The molecule has 2 rings (SSSR count). The third-order valence-corrected chi connectivity index (χ3v) is 2.83. The van der Waals surface area contributed by atoms with Crippen LogP contribution in [0.3, 0.4) is 0 Å². The van der Waals surface area contributed by atoms with Crippen LogP contribution in [0.2, 0.25) is 5.02 Å². The molecule has 1 radical (unpaired) electrons. The molecule has 0 bridgehead atoms. The van der Waals surface area contributed by atoms with Gasteiger partial charge in [0.25, 0.3) is 5.91 Å². The van der Waals surface area contributed by atoms with Crippen LogP contribution in [0.5, 0.6) is 0 Å². The molecule has 0 saturated carbocycles. The van der Waals surface area contributed by atoms with E-state index >= 15 is 0 Å². The molecule has 91 valence electrons. The summed E-state index contributed by atoms with van der Waals surface area (Å²) >= 11 is 5.79. The highest BCUT2D eigenvalue weighted by Crippen LogP contribution is 2.09. The van der Waals surface area contributed by atoms with Gasteiger partial charge in [-0.1, -0.05) is 35.9 Å². The summed E-state index contributed by atoms with van der Waals surface area (Å²) in [6.07, 6.45) is 0. The van der Waals surface area contributed by atoms with Gasteiger partial charge in [-0.25, -0.2) is 0 Å². The SMILES string of the molecule is [CH2]c1ccc(C(=O)NCc2ccc(Cl)cc2)cc1. The van der Waals surface area contributed by atoms with Gasteiger partial charge in [0.2, 0.25) is 0 Å². The Morgan fingerprint density at radius 1 is 1.06 bits per heavy atom. The summed E-state index contributed by atoms with van der Waals surface area (Å²) in [7, 11) is 0. The van der Waals surface area contributed by atoms with E-state index in [-0.39, 0.29) is 5.91 Å². The van der Waals surface area contributed by atoms with Crippen molar-refractivity contribution in [1.82, 2.24) is 5.32 Å². The number of carbonyl (C=O) groups excluding carboxylic acids is 1. The fraction of sp³-hybridized carbons (Fsp3) is 0.0667. The van der Waals surface area contributed by atoms with Crippen molar-refractivity contribution >= 4 is 17.5 Å². The van der Waals surface area contributed by atoms with Gasteiger partial charge in [0.05, 0.1) is 0 Å². The zero-order chi connectivity index (χ0) is 13.0. The first-order valence-corrected chi connectivity index (χ1v) is 5.97. The summed E-state index contributed by atoms with van der Waals surface area (Å²) in [6.45, 7) is 4.27. The van der Waals surface area contributed by atoms with Crippen LogP contribution in [0, 0.1) is 6.92 Å². The zero-order valence-corrected chi connectivity index (χ0v) is 10.6. The Morgan fingerprint density at radius 2 is 1.67 bits per heavy atom. The average Bonchev–Trinajstić information content (AvgIpc) is 2.38. The lowest BCUT2D eigenvalue weighted by atomic mass is 10.1. The van der Waals surface area contributed by atoms with Crippen LogP contribution in [0.15, 0.2) is 48.5 Å². The number of amides is 1. The fourth-order valence-corrected chi connectivity index (χ4v) is 1.67. The number of hydrogen-bond acceptors (Lipinski definition) is 1. The van der Waals surface area contributed by atoms with Crippen LogP contribution in [-0.2, 0) is 6.54 Å². The van der Waals surface area contributed by atoms with Crippen LogP contribution in [0.1, 0.15) is 21.5 Å². The van der Waals surface area contributed by atoms with Crippen LogP contribution < -0.4 is 5.32 Å². The monoisotopic (exact) mass is 258 g/mol. The molecule has 0 aliphatic carbocycles. The first-order chi connectivity index (χ1) is 8.65. The van der Waals surface area contributed by atoms with Gasteiger partial charge in [0, 0.05) is 17.1 Å². The highest BCUT2D eigenvalue weighted by molar-refractivity contribution is 6.30. The predicted molar refractivity (Wildman–Crippen MR) is 73.5 cm³/mol. The van der Waals surface area contributed by atoms with Gasteiger partial charge >= 0.3 is 0 Å². The number of hydrogen-bond donors (Lipinski definition) is 1. The molecule has 0 aliphatic rings. The van der Waals surface area contributed by atoms with Crippen LogP contribution in [0.25, 0.3) is 0 Å². The molecule has 0 saturated heterocycles. The van der Waals surface area contributed by atoms with E-state index in [0.717, 1.165) is 11.1 Å². The summed E-state index contributed by atoms with van der Waals surface area (Å²) in [4.78, 5) is 11.8. The first-order valence-electron chi connectivity index (χ1n) is 5.60. The molecule has 0 unspecified atom stereocenters. The molecule has 1 amide bonds. The molecule has 0 aliphatic heterocycles. The number of benzene rings is 2. The van der Waals surface area contributed by atoms with Crippen molar-refractivity contribution in [3.05, 3.63) is 77.2 Å². The summed E-state index contributed by atoms with van der Waals surface area (Å²) in [5.41, 5.74) is 2.54. The second-order valence-corrected chi connectivity index (χ2v) is 4.44. The fourth-order valence-electron chi connectivity index (χ4n) is 1.54. The lowest BCUT2D eigenvalue weighted by molar-refractivity contribution is 0.0951. The minimum atomic E-state index is -0.0926. The highest BCUT2D eigenvalue weighted by Gasteiger charge is 2.04. The summed E-state index contributed by atoms with van der Waals surface area (Å²) in [5, 5.41) is 3.54. The molecule has 2 aromatic carbocycles. The van der Waals surface area contributed by atoms with Crippen molar-refractivity contribution in [2.24, 2.45) is 0 Å². The maximum Gasteiger partial charge on any atom is 0.251 e. The van der Waals surface area contributed by atoms with Crippen LogP contribution in [-0.4, -0.2) is 5.91 Å². The maximum atomic E-state index is 11.8. The van der Waals surface area contributed by atoms with Crippen molar-refractivity contribution in [2.75, 3.05) is 0 Å². The van der Waals surface area contributed by atoms with E-state index in [0.29, 0.717) is 17.1 Å². The standard InChI is InChI=1S/C15H13ClNO/c1-11-2-6-13(7-3-11)15(18)17-10-12-4-8-14(16)9-5-12/h2-9H,1,10H2,(H,17,18). The Morgan fingerprint density at radius 3 is 2.28 bits per heavy atom. The number of rotatable bonds is 3. The Kier molecular flexibility index (Phi) is 4.00. The quantitative estimate of drug-likeness (QED) is 0.898. The molecule has 2 nitrogen and oxygen atoms in total. The Bertz CT molecular complexity index is 531. The number of nitrogens with one attached hydrogen (secondary N) is 1. The van der Waals surface area contributed by atoms with Gasteiger partial charge in [-0.2, -0.15) is 0 Å². The second-order valence-electron chi connectivity index (χ2n) is 4.01. The van der Waals surface area contributed by atoms with Crippen molar-refractivity contribution in [1.29, 1.82) is 0 Å². The van der Waals surface area contributed by atoms with Gasteiger partial charge in [-0.05, 0) is 42.3 Å². The van der Waals surface area contributed by atoms with Crippen molar-refractivity contribution in [3.63, 3.8) is 0 Å². The third-order valence-electron chi connectivity index (χ3n) is 2.58. The van der Waals surface area contributed by atoms with Gasteiger partial charge in [0.1, 0.15) is 0 Å². The van der Waals surface area contributed by atoms with Crippen molar-refractivity contribution in [2.45, 2.75) is 6.54 Å². The maximum absolute atomic E-state index is 11.8. The third kappa shape index (κ3) is 3.34. The molecule has 18 heavy (non-hydrogen) atoms.